The second kappa shape index (κ2) is 9.17. The number of aliphatic hydroxyl groups excluding tert-OH is 1. The molecule has 0 fully saturated rings. The van der Waals surface area contributed by atoms with E-state index in [4.69, 9.17) is 5.11 Å². The monoisotopic (exact) mass is 319 g/mol. The van der Waals surface area contributed by atoms with Crippen LogP contribution in [0.2, 0.25) is 0 Å². The average Bonchev–Trinajstić information content (AvgIpc) is 3.05. The summed E-state index contributed by atoms with van der Waals surface area (Å²) in [4.78, 5) is 16.2. The van der Waals surface area contributed by atoms with Gasteiger partial charge in [-0.25, -0.2) is 9.78 Å². The predicted octanol–water partition coefficient (Wildman–Crippen LogP) is 2.50. The van der Waals surface area contributed by atoms with Crippen molar-refractivity contribution in [3.63, 3.8) is 0 Å². The summed E-state index contributed by atoms with van der Waals surface area (Å²) in [6, 6.07) is 9.52. The fraction of sp³-hybridized carbons (Fsp3) is 0.375. The molecule has 118 valence electrons. The van der Waals surface area contributed by atoms with Gasteiger partial charge in [0.25, 0.3) is 0 Å². The molecule has 0 saturated heterocycles. The van der Waals surface area contributed by atoms with Crippen LogP contribution in [0.5, 0.6) is 0 Å². The van der Waals surface area contributed by atoms with Crippen molar-refractivity contribution in [2.24, 2.45) is 0 Å². The SMILES string of the molecule is O=C(NCCc1cscn1)NC(CCCO)c1ccccc1. The Kier molecular flexibility index (Phi) is 6.86. The molecule has 0 spiro atoms. The molecule has 0 saturated carbocycles. The minimum atomic E-state index is -0.193. The van der Waals surface area contributed by atoms with Crippen molar-refractivity contribution in [3.8, 4) is 0 Å². The van der Waals surface area contributed by atoms with Crippen LogP contribution in [0.4, 0.5) is 4.79 Å². The van der Waals surface area contributed by atoms with Gasteiger partial charge in [-0.1, -0.05) is 30.3 Å². The number of aliphatic hydroxyl groups is 1. The van der Waals surface area contributed by atoms with Gasteiger partial charge in [0.15, 0.2) is 0 Å². The first-order valence-corrected chi connectivity index (χ1v) is 8.31. The maximum atomic E-state index is 12.0. The second-order valence-corrected chi connectivity index (χ2v) is 5.68. The zero-order chi connectivity index (χ0) is 15.6. The van der Waals surface area contributed by atoms with Gasteiger partial charge >= 0.3 is 6.03 Å². The predicted molar refractivity (Wildman–Crippen MR) is 87.9 cm³/mol. The lowest BCUT2D eigenvalue weighted by Crippen LogP contribution is -2.39. The lowest BCUT2D eigenvalue weighted by atomic mass is 10.0. The molecule has 1 aromatic carbocycles. The van der Waals surface area contributed by atoms with E-state index in [0.29, 0.717) is 19.4 Å². The summed E-state index contributed by atoms with van der Waals surface area (Å²) in [7, 11) is 0. The molecular weight excluding hydrogens is 298 g/mol. The van der Waals surface area contributed by atoms with E-state index in [1.807, 2.05) is 35.7 Å². The van der Waals surface area contributed by atoms with Crippen molar-refractivity contribution in [2.45, 2.75) is 25.3 Å². The maximum Gasteiger partial charge on any atom is 0.315 e. The van der Waals surface area contributed by atoms with Gasteiger partial charge in [0.1, 0.15) is 0 Å². The Labute approximate surface area is 134 Å². The number of aromatic nitrogens is 1. The molecule has 1 heterocycles. The molecular formula is C16H21N3O2S. The molecule has 2 amide bonds. The van der Waals surface area contributed by atoms with Crippen molar-refractivity contribution in [1.29, 1.82) is 0 Å². The van der Waals surface area contributed by atoms with Crippen LogP contribution in [-0.4, -0.2) is 29.3 Å². The zero-order valence-electron chi connectivity index (χ0n) is 12.4. The third-order valence-electron chi connectivity index (χ3n) is 3.31. The molecule has 0 bridgehead atoms. The number of nitrogens with one attached hydrogen (secondary N) is 2. The van der Waals surface area contributed by atoms with E-state index in [0.717, 1.165) is 17.7 Å². The Bertz CT molecular complexity index is 546. The number of nitrogens with zero attached hydrogens (tertiary/aromatic N) is 1. The third-order valence-corrected chi connectivity index (χ3v) is 3.94. The van der Waals surface area contributed by atoms with Crippen LogP contribution in [0.15, 0.2) is 41.2 Å². The largest absolute Gasteiger partial charge is 0.396 e. The van der Waals surface area contributed by atoms with Crippen molar-refractivity contribution < 1.29 is 9.90 Å². The first-order chi connectivity index (χ1) is 10.8. The van der Waals surface area contributed by atoms with Gasteiger partial charge in [-0.05, 0) is 18.4 Å². The molecule has 0 aliphatic carbocycles. The topological polar surface area (TPSA) is 74.2 Å². The molecule has 2 rings (SSSR count). The molecule has 6 heteroatoms. The number of carbonyl (C=O) groups is 1. The van der Waals surface area contributed by atoms with Gasteiger partial charge in [0, 0.05) is 25.0 Å². The number of amides is 2. The Balaban J connectivity index is 1.82. The molecule has 1 atom stereocenters. The van der Waals surface area contributed by atoms with Gasteiger partial charge in [-0.2, -0.15) is 0 Å². The van der Waals surface area contributed by atoms with Crippen molar-refractivity contribution in [1.82, 2.24) is 15.6 Å². The molecule has 3 N–H and O–H groups in total. The van der Waals surface area contributed by atoms with Crippen LogP contribution in [0, 0.1) is 0 Å². The van der Waals surface area contributed by atoms with E-state index in [1.54, 1.807) is 16.8 Å². The number of hydrogen-bond donors (Lipinski definition) is 3. The van der Waals surface area contributed by atoms with Crippen molar-refractivity contribution in [3.05, 3.63) is 52.5 Å². The highest BCUT2D eigenvalue weighted by Crippen LogP contribution is 2.17. The summed E-state index contributed by atoms with van der Waals surface area (Å²) in [5.74, 6) is 0. The number of urea groups is 1. The highest BCUT2D eigenvalue weighted by molar-refractivity contribution is 7.07. The molecule has 2 aromatic rings. The maximum absolute atomic E-state index is 12.0. The lowest BCUT2D eigenvalue weighted by molar-refractivity contribution is 0.233. The van der Waals surface area contributed by atoms with E-state index < -0.39 is 0 Å². The summed E-state index contributed by atoms with van der Waals surface area (Å²) in [5.41, 5.74) is 3.83. The molecule has 0 aliphatic heterocycles. The Hall–Kier alpha value is -1.92. The van der Waals surface area contributed by atoms with Crippen LogP contribution in [0.1, 0.15) is 30.1 Å². The van der Waals surface area contributed by atoms with Gasteiger partial charge in [0.05, 0.1) is 17.2 Å². The minimum Gasteiger partial charge on any atom is -0.396 e. The highest BCUT2D eigenvalue weighted by atomic mass is 32.1. The average molecular weight is 319 g/mol. The molecule has 1 aromatic heterocycles. The van der Waals surface area contributed by atoms with Crippen LogP contribution in [-0.2, 0) is 6.42 Å². The van der Waals surface area contributed by atoms with Gasteiger partial charge < -0.3 is 15.7 Å². The van der Waals surface area contributed by atoms with Gasteiger partial charge in [0.2, 0.25) is 0 Å². The lowest BCUT2D eigenvalue weighted by Gasteiger charge is -2.19. The smallest absolute Gasteiger partial charge is 0.315 e. The molecule has 0 aliphatic rings. The third kappa shape index (κ3) is 5.46. The second-order valence-electron chi connectivity index (χ2n) is 4.96. The summed E-state index contributed by atoms with van der Waals surface area (Å²) in [6.45, 7) is 0.674. The zero-order valence-corrected chi connectivity index (χ0v) is 13.2. The molecule has 0 radical (unpaired) electrons. The highest BCUT2D eigenvalue weighted by Gasteiger charge is 2.13. The fourth-order valence-electron chi connectivity index (χ4n) is 2.18. The molecule has 22 heavy (non-hydrogen) atoms. The molecule has 1 unspecified atom stereocenters. The van der Waals surface area contributed by atoms with Gasteiger partial charge in [-0.3, -0.25) is 0 Å². The number of benzene rings is 1. The summed E-state index contributed by atoms with van der Waals surface area (Å²) >= 11 is 1.55. The first kappa shape index (κ1) is 16.5. The Morgan fingerprint density at radius 1 is 1.32 bits per heavy atom. The van der Waals surface area contributed by atoms with E-state index in [1.165, 1.54) is 0 Å². The van der Waals surface area contributed by atoms with Gasteiger partial charge in [-0.15, -0.1) is 11.3 Å². The van der Waals surface area contributed by atoms with E-state index in [9.17, 15) is 4.79 Å². The number of hydrogen-bond acceptors (Lipinski definition) is 4. The van der Waals surface area contributed by atoms with Crippen LogP contribution >= 0.6 is 11.3 Å². The number of thiazole rings is 1. The standard InChI is InChI=1S/C16H21N3O2S/c20-10-4-7-15(13-5-2-1-3-6-13)19-16(21)17-9-8-14-11-22-12-18-14/h1-3,5-6,11-12,15,20H,4,7-10H2,(H2,17,19,21). The van der Waals surface area contributed by atoms with E-state index in [2.05, 4.69) is 15.6 Å². The normalized spacial score (nSPS) is 11.9. The van der Waals surface area contributed by atoms with Crippen LogP contribution in [0.25, 0.3) is 0 Å². The molecule has 5 nitrogen and oxygen atoms in total. The summed E-state index contributed by atoms with van der Waals surface area (Å²) in [5, 5.41) is 16.8. The number of rotatable bonds is 8. The minimum absolute atomic E-state index is 0.0902. The Morgan fingerprint density at radius 3 is 2.82 bits per heavy atom. The Morgan fingerprint density at radius 2 is 2.14 bits per heavy atom. The summed E-state index contributed by atoms with van der Waals surface area (Å²) in [6.07, 6.45) is 2.09. The van der Waals surface area contributed by atoms with E-state index >= 15 is 0 Å². The van der Waals surface area contributed by atoms with E-state index in [-0.39, 0.29) is 18.7 Å². The fourth-order valence-corrected chi connectivity index (χ4v) is 2.77. The van der Waals surface area contributed by atoms with Crippen molar-refractivity contribution in [2.75, 3.05) is 13.2 Å². The van der Waals surface area contributed by atoms with Crippen LogP contribution in [0.3, 0.4) is 0 Å². The van der Waals surface area contributed by atoms with Crippen molar-refractivity contribution >= 4 is 17.4 Å². The summed E-state index contributed by atoms with van der Waals surface area (Å²) < 4.78 is 0. The quantitative estimate of drug-likeness (QED) is 0.700. The van der Waals surface area contributed by atoms with Crippen LogP contribution < -0.4 is 10.6 Å². The first-order valence-electron chi connectivity index (χ1n) is 7.37. The number of carbonyl (C=O) groups excluding carboxylic acids is 1.